The van der Waals surface area contributed by atoms with Crippen LogP contribution in [0.5, 0.6) is 0 Å². The molecule has 5 heteroatoms. The molecule has 25 heavy (non-hydrogen) atoms. The van der Waals surface area contributed by atoms with Gasteiger partial charge in [-0.05, 0) is 29.0 Å². The first kappa shape index (κ1) is 15.6. The number of carbonyl (C=O) groups excluding carboxylic acids is 1. The van der Waals surface area contributed by atoms with Crippen molar-refractivity contribution in [1.29, 1.82) is 0 Å². The Morgan fingerprint density at radius 3 is 2.60 bits per heavy atom. The molecule has 5 nitrogen and oxygen atoms in total. The summed E-state index contributed by atoms with van der Waals surface area (Å²) in [5.41, 5.74) is 3.51. The van der Waals surface area contributed by atoms with E-state index in [0.717, 1.165) is 17.5 Å². The van der Waals surface area contributed by atoms with Crippen LogP contribution in [0, 0.1) is 5.92 Å². The van der Waals surface area contributed by atoms with Crippen LogP contribution in [0.1, 0.15) is 29.0 Å². The van der Waals surface area contributed by atoms with Gasteiger partial charge in [0.05, 0.1) is 6.54 Å². The van der Waals surface area contributed by atoms with Crippen LogP contribution in [-0.2, 0) is 17.9 Å². The largest absolute Gasteiger partial charge is 0.352 e. The van der Waals surface area contributed by atoms with Gasteiger partial charge in [0.15, 0.2) is 0 Å². The second kappa shape index (κ2) is 6.89. The lowest BCUT2D eigenvalue weighted by molar-refractivity contribution is -0.122. The van der Waals surface area contributed by atoms with Gasteiger partial charge in [0.2, 0.25) is 5.91 Å². The number of rotatable bonds is 6. The van der Waals surface area contributed by atoms with Crippen LogP contribution in [0.2, 0.25) is 0 Å². The van der Waals surface area contributed by atoms with Crippen LogP contribution in [0.25, 0.3) is 0 Å². The SMILES string of the molecule is O=C(NCc1ccccc1Cn1cncn1)C1CC1c1ccccc1. The summed E-state index contributed by atoms with van der Waals surface area (Å²) in [5.74, 6) is 0.612. The Morgan fingerprint density at radius 2 is 1.84 bits per heavy atom. The lowest BCUT2D eigenvalue weighted by atomic mass is 10.1. The number of amides is 1. The highest BCUT2D eigenvalue weighted by Crippen LogP contribution is 2.47. The van der Waals surface area contributed by atoms with E-state index < -0.39 is 0 Å². The summed E-state index contributed by atoms with van der Waals surface area (Å²) in [6.07, 6.45) is 4.17. The molecule has 1 aliphatic carbocycles. The van der Waals surface area contributed by atoms with Crippen molar-refractivity contribution in [1.82, 2.24) is 20.1 Å². The predicted octanol–water partition coefficient (Wildman–Crippen LogP) is 2.75. The number of nitrogens with one attached hydrogen (secondary N) is 1. The number of nitrogens with zero attached hydrogens (tertiary/aromatic N) is 3. The highest BCUT2D eigenvalue weighted by atomic mass is 16.2. The van der Waals surface area contributed by atoms with Crippen molar-refractivity contribution in [3.8, 4) is 0 Å². The summed E-state index contributed by atoms with van der Waals surface area (Å²) in [6, 6.07) is 18.4. The smallest absolute Gasteiger partial charge is 0.224 e. The minimum Gasteiger partial charge on any atom is -0.352 e. The lowest BCUT2D eigenvalue weighted by Crippen LogP contribution is -2.25. The minimum atomic E-state index is 0.102. The average Bonchev–Trinajstić information content (AvgIpc) is 3.30. The molecule has 4 rings (SSSR count). The van der Waals surface area contributed by atoms with Crippen LogP contribution >= 0.6 is 0 Å². The summed E-state index contributed by atoms with van der Waals surface area (Å²) in [6.45, 7) is 1.20. The third-order valence-corrected chi connectivity index (χ3v) is 4.73. The predicted molar refractivity (Wildman–Crippen MR) is 94.7 cm³/mol. The standard InChI is InChI=1S/C20H20N4O/c25-20(19-10-18(19)15-6-2-1-3-7-15)22-11-16-8-4-5-9-17(16)12-24-14-21-13-23-24/h1-9,13-14,18-19H,10-12H2,(H,22,25). The zero-order valence-corrected chi connectivity index (χ0v) is 13.9. The maximum atomic E-state index is 12.5. The number of hydrogen-bond donors (Lipinski definition) is 1. The molecule has 2 atom stereocenters. The second-order valence-electron chi connectivity index (χ2n) is 6.44. The molecule has 1 saturated carbocycles. The summed E-state index contributed by atoms with van der Waals surface area (Å²) >= 11 is 0. The first-order valence-corrected chi connectivity index (χ1v) is 8.53. The zero-order chi connectivity index (χ0) is 17.1. The maximum absolute atomic E-state index is 12.5. The maximum Gasteiger partial charge on any atom is 0.224 e. The summed E-state index contributed by atoms with van der Waals surface area (Å²) in [5, 5.41) is 7.24. The fraction of sp³-hybridized carbons (Fsp3) is 0.250. The number of hydrogen-bond acceptors (Lipinski definition) is 3. The molecule has 2 aromatic carbocycles. The molecule has 1 aromatic heterocycles. The quantitative estimate of drug-likeness (QED) is 0.755. The van der Waals surface area contributed by atoms with Gasteiger partial charge in [0.25, 0.3) is 0 Å². The van der Waals surface area contributed by atoms with Crippen molar-refractivity contribution in [3.63, 3.8) is 0 Å². The molecular formula is C20H20N4O. The molecule has 0 aliphatic heterocycles. The van der Waals surface area contributed by atoms with E-state index in [1.165, 1.54) is 11.9 Å². The fourth-order valence-corrected chi connectivity index (χ4v) is 3.24. The Morgan fingerprint density at radius 1 is 1.08 bits per heavy atom. The van der Waals surface area contributed by atoms with Crippen LogP contribution < -0.4 is 5.32 Å². The molecule has 0 saturated heterocycles. The third-order valence-electron chi connectivity index (χ3n) is 4.73. The van der Waals surface area contributed by atoms with Crippen molar-refractivity contribution < 1.29 is 4.79 Å². The molecule has 126 valence electrons. The molecule has 2 unspecified atom stereocenters. The molecule has 1 amide bonds. The molecule has 3 aromatic rings. The van der Waals surface area contributed by atoms with E-state index in [-0.39, 0.29) is 11.8 Å². The Hall–Kier alpha value is -2.95. The Kier molecular flexibility index (Phi) is 4.29. The molecule has 1 fully saturated rings. The van der Waals surface area contributed by atoms with Gasteiger partial charge in [-0.3, -0.25) is 4.79 Å². The van der Waals surface area contributed by atoms with Gasteiger partial charge < -0.3 is 5.32 Å². The van der Waals surface area contributed by atoms with Gasteiger partial charge in [0, 0.05) is 12.5 Å². The molecule has 0 radical (unpaired) electrons. The second-order valence-corrected chi connectivity index (χ2v) is 6.44. The normalized spacial score (nSPS) is 18.7. The van der Waals surface area contributed by atoms with E-state index in [4.69, 9.17) is 0 Å². The van der Waals surface area contributed by atoms with Crippen molar-refractivity contribution in [2.24, 2.45) is 5.92 Å². The van der Waals surface area contributed by atoms with Gasteiger partial charge >= 0.3 is 0 Å². The Labute approximate surface area is 146 Å². The monoisotopic (exact) mass is 332 g/mol. The number of aromatic nitrogens is 3. The van der Waals surface area contributed by atoms with E-state index >= 15 is 0 Å². The molecule has 1 aliphatic rings. The zero-order valence-electron chi connectivity index (χ0n) is 13.9. The van der Waals surface area contributed by atoms with E-state index in [1.54, 1.807) is 11.0 Å². The fourth-order valence-electron chi connectivity index (χ4n) is 3.24. The molecular weight excluding hydrogens is 312 g/mol. The van der Waals surface area contributed by atoms with Crippen LogP contribution in [0.15, 0.2) is 67.3 Å². The summed E-state index contributed by atoms with van der Waals surface area (Å²) in [7, 11) is 0. The first-order valence-electron chi connectivity index (χ1n) is 8.53. The van der Waals surface area contributed by atoms with Crippen LogP contribution in [-0.4, -0.2) is 20.7 Å². The molecule has 0 bridgehead atoms. The van der Waals surface area contributed by atoms with Crippen LogP contribution in [0.3, 0.4) is 0 Å². The van der Waals surface area contributed by atoms with Gasteiger partial charge in [-0.2, -0.15) is 5.10 Å². The third kappa shape index (κ3) is 3.60. The first-order chi connectivity index (χ1) is 12.3. The number of carbonyl (C=O) groups is 1. The van der Waals surface area contributed by atoms with Gasteiger partial charge in [0.1, 0.15) is 12.7 Å². The van der Waals surface area contributed by atoms with E-state index in [0.29, 0.717) is 19.0 Å². The topological polar surface area (TPSA) is 59.8 Å². The van der Waals surface area contributed by atoms with E-state index in [1.807, 2.05) is 36.4 Å². The Bertz CT molecular complexity index is 845. The van der Waals surface area contributed by atoms with Crippen molar-refractivity contribution in [2.75, 3.05) is 0 Å². The van der Waals surface area contributed by atoms with E-state index in [2.05, 4.69) is 33.6 Å². The number of benzene rings is 2. The van der Waals surface area contributed by atoms with E-state index in [9.17, 15) is 4.79 Å². The lowest BCUT2D eigenvalue weighted by Gasteiger charge is -2.11. The van der Waals surface area contributed by atoms with Gasteiger partial charge in [-0.15, -0.1) is 0 Å². The van der Waals surface area contributed by atoms with Crippen molar-refractivity contribution in [2.45, 2.75) is 25.4 Å². The molecule has 1 heterocycles. The minimum absolute atomic E-state index is 0.102. The summed E-state index contributed by atoms with van der Waals surface area (Å²) in [4.78, 5) is 16.4. The average molecular weight is 332 g/mol. The highest BCUT2D eigenvalue weighted by Gasteiger charge is 2.43. The summed E-state index contributed by atoms with van der Waals surface area (Å²) < 4.78 is 1.78. The molecule has 1 N–H and O–H groups in total. The van der Waals surface area contributed by atoms with Gasteiger partial charge in [-0.25, -0.2) is 9.67 Å². The Balaban J connectivity index is 1.37. The van der Waals surface area contributed by atoms with Crippen molar-refractivity contribution in [3.05, 3.63) is 83.9 Å². The molecule has 0 spiro atoms. The highest BCUT2D eigenvalue weighted by molar-refractivity contribution is 5.82. The van der Waals surface area contributed by atoms with Crippen molar-refractivity contribution >= 4 is 5.91 Å². The van der Waals surface area contributed by atoms with Crippen LogP contribution in [0.4, 0.5) is 0 Å². The van der Waals surface area contributed by atoms with Gasteiger partial charge in [-0.1, -0.05) is 54.6 Å².